The molecule has 0 bridgehead atoms. The van der Waals surface area contributed by atoms with E-state index in [2.05, 4.69) is 0 Å². The predicted molar refractivity (Wildman–Crippen MR) is 52.2 cm³/mol. The number of carbonyl (C=O) groups excluding carboxylic acids is 1. The number of urea groups is 1. The fourth-order valence-electron chi connectivity index (χ4n) is 2.00. The van der Waals surface area contributed by atoms with Crippen molar-refractivity contribution in [2.75, 3.05) is 13.1 Å². The molecule has 13 heavy (non-hydrogen) atoms. The number of carbonyl (C=O) groups is 1. The van der Waals surface area contributed by atoms with Crippen LogP contribution in [0.15, 0.2) is 0 Å². The van der Waals surface area contributed by atoms with E-state index >= 15 is 0 Å². The molecule has 1 aliphatic carbocycles. The normalized spacial score (nSPS) is 18.5. The maximum Gasteiger partial charge on any atom is 0.315 e. The van der Waals surface area contributed by atoms with Crippen LogP contribution in [-0.4, -0.2) is 30.1 Å². The maximum atomic E-state index is 11.1. The lowest BCUT2D eigenvalue weighted by atomic mass is 9.94. The predicted octanol–water partition coefficient (Wildman–Crippen LogP) is 0.658. The van der Waals surface area contributed by atoms with Crippen molar-refractivity contribution in [1.82, 2.24) is 4.90 Å². The number of rotatable bonds is 3. The Morgan fingerprint density at radius 1 is 1.31 bits per heavy atom. The van der Waals surface area contributed by atoms with Crippen LogP contribution in [0.25, 0.3) is 0 Å². The first kappa shape index (κ1) is 10.3. The molecule has 0 atom stereocenters. The highest BCUT2D eigenvalue weighted by Gasteiger charge is 2.22. The van der Waals surface area contributed by atoms with Crippen molar-refractivity contribution in [2.24, 2.45) is 11.5 Å². The largest absolute Gasteiger partial charge is 0.351 e. The first-order valence-corrected chi connectivity index (χ1v) is 5.02. The van der Waals surface area contributed by atoms with Crippen molar-refractivity contribution in [3.8, 4) is 0 Å². The second-order valence-electron chi connectivity index (χ2n) is 3.61. The summed E-state index contributed by atoms with van der Waals surface area (Å²) in [5, 5.41) is 0. The monoisotopic (exact) mass is 185 g/mol. The molecule has 1 rings (SSSR count). The van der Waals surface area contributed by atoms with Crippen LogP contribution in [0.4, 0.5) is 4.79 Å². The van der Waals surface area contributed by atoms with Crippen LogP contribution >= 0.6 is 0 Å². The van der Waals surface area contributed by atoms with Crippen molar-refractivity contribution in [1.29, 1.82) is 0 Å². The first-order valence-electron chi connectivity index (χ1n) is 5.02. The zero-order valence-corrected chi connectivity index (χ0v) is 8.04. The summed E-state index contributed by atoms with van der Waals surface area (Å²) in [6, 6.07) is 0.0205. The van der Waals surface area contributed by atoms with Crippen LogP contribution in [0.1, 0.15) is 32.1 Å². The average Bonchev–Trinajstić information content (AvgIpc) is 2.15. The highest BCUT2D eigenvalue weighted by atomic mass is 16.2. The lowest BCUT2D eigenvalue weighted by Gasteiger charge is -2.32. The zero-order chi connectivity index (χ0) is 9.68. The molecule has 0 heterocycles. The number of hydrogen-bond donors (Lipinski definition) is 2. The van der Waals surface area contributed by atoms with Crippen molar-refractivity contribution in [3.05, 3.63) is 0 Å². The zero-order valence-electron chi connectivity index (χ0n) is 8.04. The quantitative estimate of drug-likeness (QED) is 0.678. The van der Waals surface area contributed by atoms with Gasteiger partial charge in [-0.3, -0.25) is 0 Å². The standard InChI is InChI=1S/C9H19N3O/c10-6-7-12(9(11)13)8-4-2-1-3-5-8/h8H,1-7,10H2,(H2,11,13). The minimum Gasteiger partial charge on any atom is -0.351 e. The summed E-state index contributed by atoms with van der Waals surface area (Å²) in [5.74, 6) is 0. The molecular weight excluding hydrogens is 166 g/mol. The van der Waals surface area contributed by atoms with Gasteiger partial charge < -0.3 is 16.4 Å². The Morgan fingerprint density at radius 2 is 1.92 bits per heavy atom. The van der Waals surface area contributed by atoms with E-state index in [1.807, 2.05) is 0 Å². The molecule has 1 fully saturated rings. The third-order valence-electron chi connectivity index (χ3n) is 2.67. The van der Waals surface area contributed by atoms with Gasteiger partial charge in [0.2, 0.25) is 0 Å². The van der Waals surface area contributed by atoms with E-state index in [-0.39, 0.29) is 6.03 Å². The van der Waals surface area contributed by atoms with E-state index in [0.717, 1.165) is 12.8 Å². The fourth-order valence-corrected chi connectivity index (χ4v) is 2.00. The molecule has 4 nitrogen and oxygen atoms in total. The highest BCUT2D eigenvalue weighted by Crippen LogP contribution is 2.21. The van der Waals surface area contributed by atoms with Gasteiger partial charge in [-0.05, 0) is 12.8 Å². The van der Waals surface area contributed by atoms with Gasteiger partial charge in [-0.25, -0.2) is 4.79 Å². The van der Waals surface area contributed by atoms with Crippen LogP contribution in [0.3, 0.4) is 0 Å². The van der Waals surface area contributed by atoms with Crippen LogP contribution < -0.4 is 11.5 Å². The molecule has 0 aromatic heterocycles. The Balaban J connectivity index is 2.46. The third-order valence-corrected chi connectivity index (χ3v) is 2.67. The SMILES string of the molecule is NCCN(C(N)=O)C1CCCCC1. The molecular formula is C9H19N3O. The van der Waals surface area contributed by atoms with Crippen LogP contribution in [0, 0.1) is 0 Å². The third kappa shape index (κ3) is 2.88. The smallest absolute Gasteiger partial charge is 0.315 e. The van der Waals surface area contributed by atoms with Crippen molar-refractivity contribution in [2.45, 2.75) is 38.1 Å². The van der Waals surface area contributed by atoms with Gasteiger partial charge in [0.1, 0.15) is 0 Å². The van der Waals surface area contributed by atoms with E-state index in [9.17, 15) is 4.79 Å². The summed E-state index contributed by atoms with van der Waals surface area (Å²) in [4.78, 5) is 12.8. The summed E-state index contributed by atoms with van der Waals surface area (Å²) in [7, 11) is 0. The van der Waals surface area contributed by atoms with Gasteiger partial charge in [0.25, 0.3) is 0 Å². The van der Waals surface area contributed by atoms with Gasteiger partial charge >= 0.3 is 6.03 Å². The lowest BCUT2D eigenvalue weighted by Crippen LogP contribution is -2.46. The summed E-state index contributed by atoms with van der Waals surface area (Å²) < 4.78 is 0. The Labute approximate surface area is 79.3 Å². The Hall–Kier alpha value is -0.770. The number of hydrogen-bond acceptors (Lipinski definition) is 2. The van der Waals surface area contributed by atoms with E-state index in [4.69, 9.17) is 11.5 Å². The highest BCUT2D eigenvalue weighted by molar-refractivity contribution is 5.72. The molecule has 0 saturated heterocycles. The van der Waals surface area contributed by atoms with E-state index in [1.54, 1.807) is 4.90 Å². The van der Waals surface area contributed by atoms with Crippen molar-refractivity contribution < 1.29 is 4.79 Å². The van der Waals surface area contributed by atoms with Crippen molar-refractivity contribution >= 4 is 6.03 Å². The Kier molecular flexibility index (Phi) is 4.02. The maximum absolute atomic E-state index is 11.1. The molecule has 0 aromatic carbocycles. The topological polar surface area (TPSA) is 72.3 Å². The second kappa shape index (κ2) is 5.07. The molecule has 1 aliphatic rings. The second-order valence-corrected chi connectivity index (χ2v) is 3.61. The summed E-state index contributed by atoms with van der Waals surface area (Å²) in [6.45, 7) is 1.10. The molecule has 0 aromatic rings. The summed E-state index contributed by atoms with van der Waals surface area (Å²) in [5.41, 5.74) is 10.7. The van der Waals surface area contributed by atoms with Gasteiger partial charge in [-0.15, -0.1) is 0 Å². The van der Waals surface area contributed by atoms with Crippen LogP contribution in [0.5, 0.6) is 0 Å². The number of amides is 2. The molecule has 0 aliphatic heterocycles. The van der Waals surface area contributed by atoms with Gasteiger partial charge in [0.15, 0.2) is 0 Å². The molecule has 1 saturated carbocycles. The van der Waals surface area contributed by atoms with Crippen molar-refractivity contribution in [3.63, 3.8) is 0 Å². The van der Waals surface area contributed by atoms with Crippen LogP contribution in [-0.2, 0) is 0 Å². The number of nitrogens with zero attached hydrogens (tertiary/aromatic N) is 1. The van der Waals surface area contributed by atoms with Gasteiger partial charge in [-0.2, -0.15) is 0 Å². The van der Waals surface area contributed by atoms with E-state index in [0.29, 0.717) is 19.1 Å². The van der Waals surface area contributed by atoms with E-state index < -0.39 is 0 Å². The average molecular weight is 185 g/mol. The van der Waals surface area contributed by atoms with Gasteiger partial charge in [0.05, 0.1) is 0 Å². The fraction of sp³-hybridized carbons (Fsp3) is 0.889. The first-order chi connectivity index (χ1) is 6.25. The minimum absolute atomic E-state index is 0.322. The number of nitrogens with two attached hydrogens (primary N) is 2. The number of primary amides is 1. The molecule has 0 spiro atoms. The molecule has 76 valence electrons. The molecule has 0 unspecified atom stereocenters. The molecule has 2 amide bonds. The van der Waals surface area contributed by atoms with Crippen LogP contribution in [0.2, 0.25) is 0 Å². The molecule has 4 N–H and O–H groups in total. The van der Waals surface area contributed by atoms with E-state index in [1.165, 1.54) is 19.3 Å². The lowest BCUT2D eigenvalue weighted by molar-refractivity contribution is 0.166. The van der Waals surface area contributed by atoms with Gasteiger partial charge in [0, 0.05) is 19.1 Å². The van der Waals surface area contributed by atoms with Gasteiger partial charge in [-0.1, -0.05) is 19.3 Å². The molecule has 0 radical (unpaired) electrons. The Morgan fingerprint density at radius 3 is 2.38 bits per heavy atom. The molecule has 4 heteroatoms. The summed E-state index contributed by atoms with van der Waals surface area (Å²) in [6.07, 6.45) is 5.87. The summed E-state index contributed by atoms with van der Waals surface area (Å²) >= 11 is 0. The Bertz CT molecular complexity index is 166. The minimum atomic E-state index is -0.322.